The van der Waals surface area contributed by atoms with Crippen molar-refractivity contribution >= 4 is 15.8 Å². The molecule has 1 N–H and O–H groups in total. The summed E-state index contributed by atoms with van der Waals surface area (Å²) in [6.45, 7) is 0. The van der Waals surface area contributed by atoms with Crippen molar-refractivity contribution in [1.82, 2.24) is 0 Å². The van der Waals surface area contributed by atoms with E-state index in [1.54, 1.807) is 12.1 Å². The molecule has 1 aliphatic heterocycles. The minimum atomic E-state index is -3.76. The van der Waals surface area contributed by atoms with Gasteiger partial charge in [-0.3, -0.25) is 4.79 Å². The topological polar surface area (TPSA) is 80.7 Å². The first-order valence-electron chi connectivity index (χ1n) is 4.61. The van der Waals surface area contributed by atoms with Crippen molar-refractivity contribution in [1.29, 1.82) is 0 Å². The van der Waals surface area contributed by atoms with Gasteiger partial charge in [-0.1, -0.05) is 6.07 Å². The number of aliphatic carboxylic acids is 1. The van der Waals surface area contributed by atoms with Crippen LogP contribution in [0.25, 0.3) is 0 Å². The number of hydrogen-bond acceptors (Lipinski definition) is 4. The second-order valence-electron chi connectivity index (χ2n) is 3.51. The van der Waals surface area contributed by atoms with Gasteiger partial charge in [0.2, 0.25) is 0 Å². The smallest absolute Gasteiger partial charge is 0.322 e. The highest BCUT2D eigenvalue weighted by Crippen LogP contribution is 2.36. The Morgan fingerprint density at radius 2 is 2.19 bits per heavy atom. The summed E-state index contributed by atoms with van der Waals surface area (Å²) in [6, 6.07) is 4.58. The van der Waals surface area contributed by atoms with Gasteiger partial charge in [-0.15, -0.1) is 0 Å². The van der Waals surface area contributed by atoms with Crippen molar-refractivity contribution < 1.29 is 23.1 Å². The SMILES string of the molecule is COc1cccc2c1CC(C(=O)O)S2(=O)=O. The normalized spacial score (nSPS) is 21.4. The van der Waals surface area contributed by atoms with Crippen LogP contribution in [-0.4, -0.2) is 31.9 Å². The molecule has 0 fully saturated rings. The van der Waals surface area contributed by atoms with Gasteiger partial charge in [0.15, 0.2) is 15.1 Å². The molecule has 1 atom stereocenters. The lowest BCUT2D eigenvalue weighted by molar-refractivity contribution is -0.136. The standard InChI is InChI=1S/C10H10O5S/c1-15-7-3-2-4-8-6(7)5-9(10(11)12)16(8,13)14/h2-4,9H,5H2,1H3,(H,11,12). The zero-order valence-corrected chi connectivity index (χ0v) is 9.32. The molecule has 1 aromatic rings. The van der Waals surface area contributed by atoms with Gasteiger partial charge >= 0.3 is 5.97 Å². The van der Waals surface area contributed by atoms with E-state index in [0.717, 1.165) is 0 Å². The molecule has 1 unspecified atom stereocenters. The zero-order valence-electron chi connectivity index (χ0n) is 8.50. The van der Waals surface area contributed by atoms with Gasteiger partial charge in [0.25, 0.3) is 0 Å². The quantitative estimate of drug-likeness (QED) is 0.815. The first kappa shape index (κ1) is 10.9. The van der Waals surface area contributed by atoms with Crippen molar-refractivity contribution in [3.05, 3.63) is 23.8 Å². The van der Waals surface area contributed by atoms with E-state index in [1.165, 1.54) is 13.2 Å². The van der Waals surface area contributed by atoms with Crippen molar-refractivity contribution in [2.45, 2.75) is 16.6 Å². The zero-order chi connectivity index (χ0) is 11.9. The molecule has 0 aromatic heterocycles. The summed E-state index contributed by atoms with van der Waals surface area (Å²) < 4.78 is 28.7. The van der Waals surface area contributed by atoms with Gasteiger partial charge in [-0.05, 0) is 12.1 Å². The Balaban J connectivity index is 2.65. The number of carboxylic acid groups (broad SMARTS) is 1. The summed E-state index contributed by atoms with van der Waals surface area (Å²) >= 11 is 0. The van der Waals surface area contributed by atoms with Gasteiger partial charge < -0.3 is 9.84 Å². The highest BCUT2D eigenvalue weighted by atomic mass is 32.2. The highest BCUT2D eigenvalue weighted by Gasteiger charge is 2.43. The third-order valence-electron chi connectivity index (χ3n) is 2.66. The number of carboxylic acids is 1. The molecule has 1 heterocycles. The van der Waals surface area contributed by atoms with Crippen LogP contribution in [0.2, 0.25) is 0 Å². The number of fused-ring (bicyclic) bond motifs is 1. The molecule has 6 heteroatoms. The molecule has 0 radical (unpaired) electrons. The Morgan fingerprint density at radius 1 is 1.50 bits per heavy atom. The van der Waals surface area contributed by atoms with Crippen molar-refractivity contribution in [3.8, 4) is 5.75 Å². The molecule has 0 spiro atoms. The molecule has 1 aromatic carbocycles. The van der Waals surface area contributed by atoms with E-state index in [2.05, 4.69) is 0 Å². The largest absolute Gasteiger partial charge is 0.496 e. The molecular weight excluding hydrogens is 232 g/mol. The Bertz CT molecular complexity index is 546. The molecule has 0 bridgehead atoms. The third kappa shape index (κ3) is 1.37. The van der Waals surface area contributed by atoms with Crippen LogP contribution in [0.15, 0.2) is 23.1 Å². The van der Waals surface area contributed by atoms with E-state index in [9.17, 15) is 13.2 Å². The molecule has 0 amide bonds. The Labute approximate surface area is 92.6 Å². The van der Waals surface area contributed by atoms with Gasteiger partial charge in [0, 0.05) is 12.0 Å². The maximum Gasteiger partial charge on any atom is 0.322 e. The number of sulfone groups is 1. The number of benzene rings is 1. The third-order valence-corrected chi connectivity index (χ3v) is 4.77. The number of ether oxygens (including phenoxy) is 1. The summed E-state index contributed by atoms with van der Waals surface area (Å²) in [4.78, 5) is 10.9. The molecule has 86 valence electrons. The number of hydrogen-bond donors (Lipinski definition) is 1. The maximum absolute atomic E-state index is 11.9. The molecule has 5 nitrogen and oxygen atoms in total. The lowest BCUT2D eigenvalue weighted by Crippen LogP contribution is -2.26. The fraction of sp³-hybridized carbons (Fsp3) is 0.300. The molecule has 0 aliphatic carbocycles. The van der Waals surface area contributed by atoms with Crippen LogP contribution in [-0.2, 0) is 21.1 Å². The van der Waals surface area contributed by atoms with Gasteiger partial charge in [-0.2, -0.15) is 0 Å². The number of methoxy groups -OCH3 is 1. The number of carbonyl (C=O) groups is 1. The molecule has 2 rings (SSSR count). The number of rotatable bonds is 2. The predicted molar refractivity (Wildman–Crippen MR) is 55.3 cm³/mol. The average molecular weight is 242 g/mol. The van der Waals surface area contributed by atoms with E-state index in [4.69, 9.17) is 9.84 Å². The van der Waals surface area contributed by atoms with Crippen molar-refractivity contribution in [2.75, 3.05) is 7.11 Å². The summed E-state index contributed by atoms with van der Waals surface area (Å²) in [5.41, 5.74) is 0.456. The van der Waals surface area contributed by atoms with Gasteiger partial charge in [0.1, 0.15) is 5.75 Å². The highest BCUT2D eigenvalue weighted by molar-refractivity contribution is 7.93. The van der Waals surface area contributed by atoms with E-state index >= 15 is 0 Å². The second-order valence-corrected chi connectivity index (χ2v) is 5.61. The van der Waals surface area contributed by atoms with Crippen LogP contribution in [0, 0.1) is 0 Å². The summed E-state index contributed by atoms with van der Waals surface area (Å²) in [6.07, 6.45) is -0.0307. The van der Waals surface area contributed by atoms with Crippen molar-refractivity contribution in [2.24, 2.45) is 0 Å². The lowest BCUT2D eigenvalue weighted by atomic mass is 10.1. The van der Waals surface area contributed by atoms with Crippen LogP contribution in [0.5, 0.6) is 5.75 Å². The molecule has 0 saturated heterocycles. The van der Waals surface area contributed by atoms with Crippen LogP contribution < -0.4 is 4.74 Å². The van der Waals surface area contributed by atoms with Crippen LogP contribution in [0.4, 0.5) is 0 Å². The Morgan fingerprint density at radius 3 is 2.75 bits per heavy atom. The first-order valence-corrected chi connectivity index (χ1v) is 6.15. The molecular formula is C10H10O5S. The first-order chi connectivity index (χ1) is 7.48. The van der Waals surface area contributed by atoms with E-state index < -0.39 is 21.1 Å². The monoisotopic (exact) mass is 242 g/mol. The van der Waals surface area contributed by atoms with E-state index in [-0.39, 0.29) is 11.3 Å². The Kier molecular flexibility index (Phi) is 2.38. The van der Waals surface area contributed by atoms with Gasteiger partial charge in [-0.25, -0.2) is 8.42 Å². The average Bonchev–Trinajstić information content (AvgIpc) is 2.51. The fourth-order valence-electron chi connectivity index (χ4n) is 1.87. The predicted octanol–water partition coefficient (Wildman–Crippen LogP) is 0.478. The molecule has 0 saturated carbocycles. The summed E-state index contributed by atoms with van der Waals surface area (Å²) in [7, 11) is -2.33. The Hall–Kier alpha value is -1.56. The van der Waals surface area contributed by atoms with Crippen LogP contribution in [0.3, 0.4) is 0 Å². The van der Waals surface area contributed by atoms with Crippen molar-refractivity contribution in [3.63, 3.8) is 0 Å². The van der Waals surface area contributed by atoms with Crippen LogP contribution >= 0.6 is 0 Å². The van der Waals surface area contributed by atoms with E-state index in [1.807, 2.05) is 0 Å². The van der Waals surface area contributed by atoms with Crippen LogP contribution in [0.1, 0.15) is 5.56 Å². The summed E-state index contributed by atoms with van der Waals surface area (Å²) in [5, 5.41) is 7.47. The fourth-order valence-corrected chi connectivity index (χ4v) is 3.63. The summed E-state index contributed by atoms with van der Waals surface area (Å²) in [5.74, 6) is -0.900. The maximum atomic E-state index is 11.9. The lowest BCUT2D eigenvalue weighted by Gasteiger charge is -2.04. The minimum Gasteiger partial charge on any atom is -0.496 e. The molecule has 16 heavy (non-hydrogen) atoms. The van der Waals surface area contributed by atoms with E-state index in [0.29, 0.717) is 11.3 Å². The minimum absolute atomic E-state index is 0.0307. The van der Waals surface area contributed by atoms with Gasteiger partial charge in [0.05, 0.1) is 12.0 Å². The molecule has 1 aliphatic rings. The second kappa shape index (κ2) is 3.48.